The Balaban J connectivity index is 1.16. The molecule has 178 valence electrons. The molecule has 0 spiro atoms. The monoisotopic (exact) mass is 457 g/mol. The lowest BCUT2D eigenvalue weighted by atomic mass is 9.93. The third-order valence-corrected chi connectivity index (χ3v) is 6.86. The summed E-state index contributed by atoms with van der Waals surface area (Å²) < 4.78 is 27.5. The highest BCUT2D eigenvalue weighted by Gasteiger charge is 2.30. The van der Waals surface area contributed by atoms with Crippen LogP contribution in [0.15, 0.2) is 36.5 Å². The second-order valence-electron chi connectivity index (χ2n) is 9.14. The number of nitrogens with two attached hydrogens (primary N) is 1. The van der Waals surface area contributed by atoms with E-state index in [1.807, 2.05) is 17.0 Å². The van der Waals surface area contributed by atoms with E-state index in [2.05, 4.69) is 15.2 Å². The summed E-state index contributed by atoms with van der Waals surface area (Å²) in [6.07, 6.45) is 5.55. The van der Waals surface area contributed by atoms with Gasteiger partial charge in [-0.25, -0.2) is 13.8 Å². The number of aromatic nitrogens is 1. The van der Waals surface area contributed by atoms with Gasteiger partial charge >= 0.3 is 0 Å². The van der Waals surface area contributed by atoms with Crippen molar-refractivity contribution in [2.45, 2.75) is 44.7 Å². The summed E-state index contributed by atoms with van der Waals surface area (Å²) >= 11 is 0. The third kappa shape index (κ3) is 6.26. The molecule has 2 aromatic rings. The minimum Gasteiger partial charge on any atom is -0.384 e. The van der Waals surface area contributed by atoms with E-state index < -0.39 is 11.6 Å². The molecule has 0 aliphatic carbocycles. The summed E-state index contributed by atoms with van der Waals surface area (Å²) in [5.41, 5.74) is 7.06. The van der Waals surface area contributed by atoms with Gasteiger partial charge in [-0.15, -0.1) is 0 Å². The molecular formula is C25H33F2N5O. The van der Waals surface area contributed by atoms with E-state index in [0.29, 0.717) is 18.8 Å². The quantitative estimate of drug-likeness (QED) is 0.669. The lowest BCUT2D eigenvalue weighted by Gasteiger charge is -2.37. The first-order chi connectivity index (χ1) is 16.0. The topological polar surface area (TPSA) is 74.5 Å². The molecule has 2 fully saturated rings. The number of carbonyl (C=O) groups is 1. The van der Waals surface area contributed by atoms with Crippen LogP contribution in [0.5, 0.6) is 0 Å². The molecular weight excluding hydrogens is 424 g/mol. The number of likely N-dealkylation sites (tertiary alicyclic amines) is 2. The summed E-state index contributed by atoms with van der Waals surface area (Å²) in [5.74, 6) is -0.0804. The number of rotatable bonds is 7. The molecule has 3 N–H and O–H groups in total. The second kappa shape index (κ2) is 11.0. The van der Waals surface area contributed by atoms with Crippen molar-refractivity contribution in [1.29, 1.82) is 0 Å². The Morgan fingerprint density at radius 2 is 1.76 bits per heavy atom. The summed E-state index contributed by atoms with van der Waals surface area (Å²) in [6, 6.07) is 8.14. The molecule has 0 unspecified atom stereocenters. The number of nitrogens with one attached hydrogen (secondary N) is 1. The summed E-state index contributed by atoms with van der Waals surface area (Å²) in [7, 11) is 0. The highest BCUT2D eigenvalue weighted by molar-refractivity contribution is 5.79. The fourth-order valence-electron chi connectivity index (χ4n) is 4.92. The van der Waals surface area contributed by atoms with E-state index in [-0.39, 0.29) is 23.4 Å². The minimum absolute atomic E-state index is 0.0947. The van der Waals surface area contributed by atoms with E-state index in [0.717, 1.165) is 64.0 Å². The number of amides is 1. The molecule has 6 nitrogen and oxygen atoms in total. The number of benzene rings is 1. The van der Waals surface area contributed by atoms with Crippen molar-refractivity contribution in [3.8, 4) is 0 Å². The van der Waals surface area contributed by atoms with Gasteiger partial charge in [-0.3, -0.25) is 9.69 Å². The Morgan fingerprint density at radius 3 is 2.42 bits per heavy atom. The zero-order valence-corrected chi connectivity index (χ0v) is 19.0. The van der Waals surface area contributed by atoms with E-state index in [1.54, 1.807) is 6.20 Å². The van der Waals surface area contributed by atoms with Gasteiger partial charge in [0.2, 0.25) is 5.91 Å². The van der Waals surface area contributed by atoms with Crippen molar-refractivity contribution in [2.75, 3.05) is 38.5 Å². The number of nitrogen functional groups attached to an aromatic ring is 1. The van der Waals surface area contributed by atoms with E-state index in [1.165, 1.54) is 18.2 Å². The Morgan fingerprint density at radius 1 is 1.06 bits per heavy atom. The van der Waals surface area contributed by atoms with Gasteiger partial charge < -0.3 is 16.0 Å². The zero-order chi connectivity index (χ0) is 23.2. The van der Waals surface area contributed by atoms with Crippen LogP contribution in [0.25, 0.3) is 0 Å². The standard InChI is InChI=1S/C25H33F2N5O/c26-22-2-1-3-23(27)21(22)5-11-29-20-8-14-32(15-9-20)25(33)19-6-12-31(13-7-19)17-18-4-10-30-24(28)16-18/h1-4,10,16,19-20,29H,5-9,11-15,17H2,(H2,28,30). The molecule has 2 aliphatic heterocycles. The van der Waals surface area contributed by atoms with Crippen LogP contribution in [0.2, 0.25) is 0 Å². The predicted molar refractivity (Wildman–Crippen MR) is 124 cm³/mol. The SMILES string of the molecule is Nc1cc(CN2CCC(C(=O)N3CCC(NCCc4c(F)cccc4F)CC3)CC2)ccn1. The fraction of sp³-hybridized carbons (Fsp3) is 0.520. The molecule has 4 rings (SSSR count). The average Bonchev–Trinajstić information content (AvgIpc) is 2.81. The number of hydrogen-bond acceptors (Lipinski definition) is 5. The van der Waals surface area contributed by atoms with Crippen LogP contribution in [-0.4, -0.2) is 59.5 Å². The van der Waals surface area contributed by atoms with Crippen molar-refractivity contribution in [2.24, 2.45) is 5.92 Å². The van der Waals surface area contributed by atoms with Crippen LogP contribution in [0.4, 0.5) is 14.6 Å². The first kappa shape index (κ1) is 23.6. The van der Waals surface area contributed by atoms with Crippen molar-refractivity contribution >= 4 is 11.7 Å². The maximum atomic E-state index is 13.8. The summed E-state index contributed by atoms with van der Waals surface area (Å²) in [4.78, 5) is 21.4. The fourth-order valence-corrected chi connectivity index (χ4v) is 4.92. The van der Waals surface area contributed by atoms with E-state index in [4.69, 9.17) is 5.73 Å². The highest BCUT2D eigenvalue weighted by atomic mass is 19.1. The molecule has 0 saturated carbocycles. The lowest BCUT2D eigenvalue weighted by molar-refractivity contribution is -0.138. The zero-order valence-electron chi connectivity index (χ0n) is 19.0. The molecule has 8 heteroatoms. The molecule has 1 amide bonds. The van der Waals surface area contributed by atoms with Crippen LogP contribution < -0.4 is 11.1 Å². The van der Waals surface area contributed by atoms with Crippen molar-refractivity contribution in [3.63, 3.8) is 0 Å². The van der Waals surface area contributed by atoms with Crippen LogP contribution in [0.1, 0.15) is 36.8 Å². The van der Waals surface area contributed by atoms with Crippen LogP contribution in [0, 0.1) is 17.6 Å². The molecule has 0 bridgehead atoms. The predicted octanol–water partition coefficient (Wildman–Crippen LogP) is 2.98. The van der Waals surface area contributed by atoms with Crippen molar-refractivity contribution < 1.29 is 13.6 Å². The van der Waals surface area contributed by atoms with Gasteiger partial charge in [0.15, 0.2) is 0 Å². The highest BCUT2D eigenvalue weighted by Crippen LogP contribution is 2.23. The first-order valence-electron chi connectivity index (χ1n) is 11.9. The lowest BCUT2D eigenvalue weighted by Crippen LogP contribution is -2.48. The molecule has 0 atom stereocenters. The van der Waals surface area contributed by atoms with Gasteiger partial charge in [-0.05, 0) is 81.6 Å². The Labute approximate surface area is 194 Å². The van der Waals surface area contributed by atoms with Gasteiger partial charge in [0.05, 0.1) is 0 Å². The normalized spacial score (nSPS) is 18.5. The number of hydrogen-bond donors (Lipinski definition) is 2. The molecule has 33 heavy (non-hydrogen) atoms. The second-order valence-corrected chi connectivity index (χ2v) is 9.14. The number of pyridine rings is 1. The molecule has 2 aliphatic rings. The average molecular weight is 458 g/mol. The van der Waals surface area contributed by atoms with Crippen LogP contribution in [0.3, 0.4) is 0 Å². The number of halogens is 2. The smallest absolute Gasteiger partial charge is 0.225 e. The van der Waals surface area contributed by atoms with Crippen molar-refractivity contribution in [3.05, 3.63) is 59.3 Å². The number of carbonyl (C=O) groups excluding carboxylic acids is 1. The van der Waals surface area contributed by atoms with Crippen molar-refractivity contribution in [1.82, 2.24) is 20.1 Å². The maximum absolute atomic E-state index is 13.8. The van der Waals surface area contributed by atoms with Gasteiger partial charge in [-0.2, -0.15) is 0 Å². The molecule has 1 aromatic heterocycles. The van der Waals surface area contributed by atoms with Crippen LogP contribution >= 0.6 is 0 Å². The maximum Gasteiger partial charge on any atom is 0.225 e. The molecule has 0 radical (unpaired) electrons. The van der Waals surface area contributed by atoms with Crippen LogP contribution in [-0.2, 0) is 17.8 Å². The molecule has 2 saturated heterocycles. The number of nitrogens with zero attached hydrogens (tertiary/aromatic N) is 3. The van der Waals surface area contributed by atoms with E-state index >= 15 is 0 Å². The third-order valence-electron chi connectivity index (χ3n) is 6.86. The number of piperidine rings is 2. The minimum atomic E-state index is -0.492. The van der Waals surface area contributed by atoms with E-state index in [9.17, 15) is 13.6 Å². The first-order valence-corrected chi connectivity index (χ1v) is 11.9. The molecule has 3 heterocycles. The van der Waals surface area contributed by atoms with Gasteiger partial charge in [0.25, 0.3) is 0 Å². The number of anilines is 1. The Kier molecular flexibility index (Phi) is 7.88. The summed E-state index contributed by atoms with van der Waals surface area (Å²) in [5, 5.41) is 3.41. The van der Waals surface area contributed by atoms with Gasteiger partial charge in [0.1, 0.15) is 17.5 Å². The largest absolute Gasteiger partial charge is 0.384 e. The van der Waals surface area contributed by atoms with Gasteiger partial charge in [0, 0.05) is 43.4 Å². The summed E-state index contributed by atoms with van der Waals surface area (Å²) in [6.45, 7) is 4.65. The molecule has 1 aromatic carbocycles. The Bertz CT molecular complexity index is 920. The van der Waals surface area contributed by atoms with Gasteiger partial charge in [-0.1, -0.05) is 6.07 Å². The Hall–Kier alpha value is -2.58.